The van der Waals surface area contributed by atoms with Gasteiger partial charge in [-0.3, -0.25) is 9.59 Å². The number of amides is 2. The van der Waals surface area contributed by atoms with Crippen molar-refractivity contribution in [3.63, 3.8) is 0 Å². The highest BCUT2D eigenvalue weighted by Gasteiger charge is 2.14. The van der Waals surface area contributed by atoms with E-state index in [0.29, 0.717) is 39.2 Å². The fourth-order valence-corrected chi connectivity index (χ4v) is 4.22. The molecule has 0 atom stereocenters. The van der Waals surface area contributed by atoms with Crippen LogP contribution in [-0.4, -0.2) is 11.8 Å². The smallest absolute Gasteiger partial charge is 0.344 e. The van der Waals surface area contributed by atoms with Crippen LogP contribution in [0, 0.1) is 0 Å². The van der Waals surface area contributed by atoms with Crippen molar-refractivity contribution < 1.29 is 18.4 Å². The predicted octanol–water partition coefficient (Wildman–Crippen LogP) is 6.71. The van der Waals surface area contributed by atoms with Crippen LogP contribution in [0.4, 0.5) is 11.4 Å². The lowest BCUT2D eigenvalue weighted by Gasteiger charge is -2.09. The van der Waals surface area contributed by atoms with Crippen LogP contribution in [0.2, 0.25) is 0 Å². The number of carbonyl (C=O) groups excluding carboxylic acids is 2. The highest BCUT2D eigenvalue weighted by molar-refractivity contribution is 6.06. The molecule has 2 amide bonds. The van der Waals surface area contributed by atoms with Gasteiger partial charge in [-0.05, 0) is 66.2 Å². The zero-order valence-corrected chi connectivity index (χ0v) is 19.9. The van der Waals surface area contributed by atoms with Gasteiger partial charge in [0, 0.05) is 27.7 Å². The highest BCUT2D eigenvalue weighted by Crippen LogP contribution is 2.23. The summed E-state index contributed by atoms with van der Waals surface area (Å²) in [6.07, 6.45) is 0. The third kappa shape index (κ3) is 4.56. The van der Waals surface area contributed by atoms with E-state index in [-0.39, 0.29) is 17.6 Å². The van der Waals surface area contributed by atoms with E-state index in [4.69, 9.17) is 8.83 Å². The third-order valence-electron chi connectivity index (χ3n) is 6.13. The van der Waals surface area contributed by atoms with E-state index in [9.17, 15) is 14.4 Å². The summed E-state index contributed by atoms with van der Waals surface area (Å²) < 4.78 is 11.0. The predicted molar refractivity (Wildman–Crippen MR) is 146 cm³/mol. The Morgan fingerprint density at radius 2 is 1.18 bits per heavy atom. The van der Waals surface area contributed by atoms with E-state index < -0.39 is 5.63 Å². The molecule has 2 N–H and O–H groups in total. The Kier molecular flexibility index (Phi) is 5.78. The Hall–Kier alpha value is -5.43. The number of para-hydroxylation sites is 2. The zero-order valence-electron chi connectivity index (χ0n) is 19.9. The van der Waals surface area contributed by atoms with Crippen molar-refractivity contribution in [2.24, 2.45) is 0 Å². The molecule has 38 heavy (non-hydrogen) atoms. The van der Waals surface area contributed by atoms with Crippen molar-refractivity contribution in [2.45, 2.75) is 0 Å². The van der Waals surface area contributed by atoms with Gasteiger partial charge >= 0.3 is 5.63 Å². The number of hydrogen-bond acceptors (Lipinski definition) is 5. The molecular weight excluding hydrogens is 480 g/mol. The van der Waals surface area contributed by atoms with Crippen LogP contribution >= 0.6 is 0 Å². The maximum absolute atomic E-state index is 12.9. The Labute approximate surface area is 216 Å². The van der Waals surface area contributed by atoms with Crippen LogP contribution in [0.15, 0.2) is 123 Å². The summed E-state index contributed by atoms with van der Waals surface area (Å²) in [6.45, 7) is 0. The first-order valence-corrected chi connectivity index (χ1v) is 11.9. The number of anilines is 2. The minimum atomic E-state index is -0.471. The van der Waals surface area contributed by atoms with E-state index in [1.165, 1.54) is 0 Å². The minimum absolute atomic E-state index is 0.212. The van der Waals surface area contributed by atoms with Gasteiger partial charge in [-0.2, -0.15) is 0 Å². The van der Waals surface area contributed by atoms with E-state index in [2.05, 4.69) is 10.6 Å². The summed E-state index contributed by atoms with van der Waals surface area (Å²) in [5, 5.41) is 7.27. The van der Waals surface area contributed by atoms with Gasteiger partial charge < -0.3 is 19.5 Å². The molecule has 6 aromatic rings. The molecule has 7 nitrogen and oxygen atoms in total. The van der Waals surface area contributed by atoms with E-state index in [0.717, 1.165) is 10.8 Å². The normalized spacial score (nSPS) is 10.9. The zero-order chi connectivity index (χ0) is 26.1. The lowest BCUT2D eigenvalue weighted by atomic mass is 10.0. The summed E-state index contributed by atoms with van der Waals surface area (Å²) >= 11 is 0. The molecule has 6 rings (SSSR count). The fourth-order valence-electron chi connectivity index (χ4n) is 4.22. The van der Waals surface area contributed by atoms with Crippen molar-refractivity contribution in [3.05, 3.63) is 131 Å². The average molecular weight is 501 g/mol. The van der Waals surface area contributed by atoms with Gasteiger partial charge in [0.2, 0.25) is 0 Å². The molecule has 0 saturated heterocycles. The first-order valence-electron chi connectivity index (χ1n) is 11.9. The number of carbonyl (C=O) groups is 2. The highest BCUT2D eigenvalue weighted by atomic mass is 16.4. The van der Waals surface area contributed by atoms with Gasteiger partial charge in [-0.25, -0.2) is 4.79 Å². The number of furan rings is 1. The number of benzene rings is 4. The summed E-state index contributed by atoms with van der Waals surface area (Å²) in [5.74, 6) is -0.493. The molecule has 2 aromatic heterocycles. The average Bonchev–Trinajstić information content (AvgIpc) is 3.38. The summed E-state index contributed by atoms with van der Waals surface area (Å²) in [4.78, 5) is 38.1. The minimum Gasteiger partial charge on any atom is -0.451 e. The molecule has 0 bridgehead atoms. The molecule has 0 aliphatic carbocycles. The maximum atomic E-state index is 12.9. The number of rotatable bonds is 5. The van der Waals surface area contributed by atoms with Crippen LogP contribution in [-0.2, 0) is 0 Å². The second-order valence-electron chi connectivity index (χ2n) is 8.70. The van der Waals surface area contributed by atoms with Crippen LogP contribution in [0.3, 0.4) is 0 Å². The fraction of sp³-hybridized carbons (Fsp3) is 0. The molecule has 0 aliphatic heterocycles. The molecule has 2 heterocycles. The Bertz CT molecular complexity index is 1850. The van der Waals surface area contributed by atoms with Crippen LogP contribution in [0.1, 0.15) is 20.9 Å². The molecule has 0 fully saturated rings. The van der Waals surface area contributed by atoms with Gasteiger partial charge in [0.1, 0.15) is 11.2 Å². The third-order valence-corrected chi connectivity index (χ3v) is 6.13. The topological polar surface area (TPSA) is 102 Å². The molecule has 0 radical (unpaired) electrons. The summed E-state index contributed by atoms with van der Waals surface area (Å²) in [7, 11) is 0. The Morgan fingerprint density at radius 3 is 1.87 bits per heavy atom. The van der Waals surface area contributed by atoms with Gasteiger partial charge in [0.15, 0.2) is 5.76 Å². The Morgan fingerprint density at radius 1 is 0.579 bits per heavy atom. The molecule has 0 spiro atoms. The maximum Gasteiger partial charge on any atom is 0.344 e. The van der Waals surface area contributed by atoms with Crippen molar-refractivity contribution in [1.29, 1.82) is 0 Å². The van der Waals surface area contributed by atoms with Crippen molar-refractivity contribution in [2.75, 3.05) is 10.6 Å². The number of nitrogens with one attached hydrogen (secondary N) is 2. The van der Waals surface area contributed by atoms with Crippen molar-refractivity contribution >= 4 is 45.1 Å². The van der Waals surface area contributed by atoms with E-state index in [1.54, 1.807) is 78.9 Å². The van der Waals surface area contributed by atoms with E-state index in [1.807, 2.05) is 30.3 Å². The molecule has 0 saturated carbocycles. The quantitative estimate of drug-likeness (QED) is 0.256. The second kappa shape index (κ2) is 9.55. The first kappa shape index (κ1) is 23.0. The van der Waals surface area contributed by atoms with Gasteiger partial charge in [-0.1, -0.05) is 48.5 Å². The number of hydrogen-bond donors (Lipinski definition) is 2. The van der Waals surface area contributed by atoms with E-state index >= 15 is 0 Å². The largest absolute Gasteiger partial charge is 0.451 e. The van der Waals surface area contributed by atoms with Gasteiger partial charge in [0.05, 0.1) is 5.56 Å². The lowest BCUT2D eigenvalue weighted by Crippen LogP contribution is -2.13. The van der Waals surface area contributed by atoms with Crippen molar-refractivity contribution in [3.8, 4) is 11.1 Å². The molecule has 7 heteroatoms. The van der Waals surface area contributed by atoms with Crippen LogP contribution in [0.25, 0.3) is 33.1 Å². The standard InChI is InChI=1S/C31H20N2O5/c34-29(22-9-5-8-19(16-22)25-17-20-6-1-4-11-27(20)38-31(25)36)32-23-12-14-24(15-13-23)33-30(35)28-18-21-7-2-3-10-26(21)37-28/h1-18H,(H,32,34)(H,33,35). The molecule has 0 unspecified atom stereocenters. The molecule has 184 valence electrons. The van der Waals surface area contributed by atoms with Gasteiger partial charge in [-0.15, -0.1) is 0 Å². The molecule has 4 aromatic carbocycles. The van der Waals surface area contributed by atoms with Crippen molar-refractivity contribution in [1.82, 2.24) is 0 Å². The SMILES string of the molecule is O=C(Nc1ccc(NC(=O)c2cc3ccccc3o2)cc1)c1cccc(-c2cc3ccccc3oc2=O)c1. The van der Waals surface area contributed by atoms with Gasteiger partial charge in [0.25, 0.3) is 11.8 Å². The Balaban J connectivity index is 1.16. The van der Waals surface area contributed by atoms with Crippen LogP contribution in [0.5, 0.6) is 0 Å². The lowest BCUT2D eigenvalue weighted by molar-refractivity contribution is 0.0996. The monoisotopic (exact) mass is 500 g/mol. The molecular formula is C31H20N2O5. The number of fused-ring (bicyclic) bond motifs is 2. The molecule has 0 aliphatic rings. The summed E-state index contributed by atoms with van der Waals surface area (Å²) in [6, 6.07) is 31.7. The second-order valence-corrected chi connectivity index (χ2v) is 8.70. The van der Waals surface area contributed by atoms with Crippen LogP contribution < -0.4 is 16.3 Å². The first-order chi connectivity index (χ1) is 18.5. The summed E-state index contributed by atoms with van der Waals surface area (Å²) in [5.41, 5.74) is 3.13.